The van der Waals surface area contributed by atoms with Gasteiger partial charge in [-0.15, -0.1) is 11.8 Å². The molecule has 198 valence electrons. The van der Waals surface area contributed by atoms with E-state index in [1.165, 1.54) is 12.1 Å². The second-order valence-electron chi connectivity index (χ2n) is 10.2. The van der Waals surface area contributed by atoms with Crippen molar-refractivity contribution in [3.63, 3.8) is 0 Å². The van der Waals surface area contributed by atoms with Crippen LogP contribution in [0.5, 0.6) is 0 Å². The molecule has 2 heterocycles. The number of anilines is 1. The van der Waals surface area contributed by atoms with E-state index in [-0.39, 0.29) is 11.7 Å². The van der Waals surface area contributed by atoms with Gasteiger partial charge < -0.3 is 14.7 Å². The molecule has 1 amide bonds. The number of nitrogens with zero attached hydrogens (tertiary/aromatic N) is 5. The summed E-state index contributed by atoms with van der Waals surface area (Å²) < 4.78 is 16.0. The van der Waals surface area contributed by atoms with Gasteiger partial charge in [-0.25, -0.2) is 9.07 Å². The van der Waals surface area contributed by atoms with Crippen molar-refractivity contribution in [1.29, 1.82) is 0 Å². The van der Waals surface area contributed by atoms with E-state index in [9.17, 15) is 9.18 Å². The molecule has 1 aliphatic rings. The van der Waals surface area contributed by atoms with E-state index in [2.05, 4.69) is 30.7 Å². The van der Waals surface area contributed by atoms with E-state index >= 15 is 0 Å². The summed E-state index contributed by atoms with van der Waals surface area (Å²) in [5, 5.41) is 4.87. The number of piperazine rings is 1. The predicted molar refractivity (Wildman–Crippen MR) is 150 cm³/mol. The molecule has 0 unspecified atom stereocenters. The van der Waals surface area contributed by atoms with Crippen molar-refractivity contribution >= 4 is 23.5 Å². The largest absolute Gasteiger partial charge is 0.354 e. The Kier molecular flexibility index (Phi) is 9.27. The maximum atomic E-state index is 14.2. The molecule has 0 bridgehead atoms. The molecule has 0 saturated carbocycles. The molecule has 1 aliphatic heterocycles. The Labute approximate surface area is 224 Å². The summed E-state index contributed by atoms with van der Waals surface area (Å²) in [7, 11) is 2.13. The Morgan fingerprint density at radius 3 is 2.49 bits per heavy atom. The Hall–Kier alpha value is -2.84. The number of hydrogen-bond acceptors (Lipinski definition) is 5. The van der Waals surface area contributed by atoms with Crippen LogP contribution >= 0.6 is 11.8 Å². The Bertz CT molecular complexity index is 1170. The van der Waals surface area contributed by atoms with Gasteiger partial charge in [0.05, 0.1) is 23.7 Å². The first kappa shape index (κ1) is 27.2. The lowest BCUT2D eigenvalue weighted by molar-refractivity contribution is -0.129. The monoisotopic (exact) mass is 523 g/mol. The van der Waals surface area contributed by atoms with Crippen molar-refractivity contribution < 1.29 is 9.18 Å². The lowest BCUT2D eigenvalue weighted by Crippen LogP contribution is -2.45. The molecule has 0 spiro atoms. The van der Waals surface area contributed by atoms with Crippen LogP contribution < -0.4 is 4.90 Å². The fourth-order valence-corrected chi connectivity index (χ4v) is 5.34. The maximum Gasteiger partial charge on any atom is 0.233 e. The van der Waals surface area contributed by atoms with Crippen LogP contribution in [0.15, 0.2) is 59.5 Å². The normalized spacial score (nSPS) is 14.4. The second-order valence-corrected chi connectivity index (χ2v) is 11.2. The highest BCUT2D eigenvalue weighted by atomic mass is 32.2. The minimum absolute atomic E-state index is 0.122. The van der Waals surface area contributed by atoms with Crippen molar-refractivity contribution in [1.82, 2.24) is 19.6 Å². The molecule has 1 saturated heterocycles. The molecule has 3 aromatic rings. The van der Waals surface area contributed by atoms with E-state index in [1.54, 1.807) is 17.8 Å². The number of benzene rings is 2. The molecule has 0 atom stereocenters. The van der Waals surface area contributed by atoms with Crippen LogP contribution in [-0.2, 0) is 11.3 Å². The van der Waals surface area contributed by atoms with Crippen LogP contribution in [0, 0.1) is 18.7 Å². The van der Waals surface area contributed by atoms with Gasteiger partial charge in [-0.3, -0.25) is 4.79 Å². The average molecular weight is 524 g/mol. The number of rotatable bonds is 10. The van der Waals surface area contributed by atoms with Crippen LogP contribution in [0.2, 0.25) is 0 Å². The molecule has 8 heteroatoms. The van der Waals surface area contributed by atoms with Crippen LogP contribution in [0.3, 0.4) is 0 Å². The van der Waals surface area contributed by atoms with Crippen molar-refractivity contribution in [2.45, 2.75) is 38.6 Å². The van der Waals surface area contributed by atoms with E-state index < -0.39 is 0 Å². The highest BCUT2D eigenvalue weighted by Gasteiger charge is 2.27. The van der Waals surface area contributed by atoms with Crippen LogP contribution in [0.1, 0.15) is 31.5 Å². The first-order chi connectivity index (χ1) is 17.8. The zero-order valence-corrected chi connectivity index (χ0v) is 23.2. The average Bonchev–Trinajstić information content (AvgIpc) is 3.21. The molecule has 37 heavy (non-hydrogen) atoms. The lowest BCUT2D eigenvalue weighted by atomic mass is 10.1. The number of aromatic nitrogens is 2. The summed E-state index contributed by atoms with van der Waals surface area (Å²) >= 11 is 1.57. The van der Waals surface area contributed by atoms with Gasteiger partial charge in [0.25, 0.3) is 0 Å². The summed E-state index contributed by atoms with van der Waals surface area (Å²) in [4.78, 5) is 21.2. The van der Waals surface area contributed by atoms with Crippen molar-refractivity contribution in [2.75, 3.05) is 50.4 Å². The molecule has 1 aromatic heterocycles. The topological polar surface area (TPSA) is 44.6 Å². The summed E-state index contributed by atoms with van der Waals surface area (Å²) in [6, 6.07) is 16.6. The quantitative estimate of drug-likeness (QED) is 0.340. The SMILES string of the molecule is Cc1nn(-c2cccc(F)c2)c(N2CCN(C)CC2)c1CN(CCC(C)C)C(=O)CSc1ccccc1. The number of aryl methyl sites for hydroxylation is 1. The van der Waals surface area contributed by atoms with E-state index in [4.69, 9.17) is 5.10 Å². The van der Waals surface area contributed by atoms with Gasteiger partial charge in [-0.05, 0) is 56.6 Å². The molecule has 0 radical (unpaired) electrons. The molecule has 2 aromatic carbocycles. The third-order valence-electron chi connectivity index (χ3n) is 6.80. The maximum absolute atomic E-state index is 14.2. The first-order valence-corrected chi connectivity index (χ1v) is 14.0. The number of likely N-dealkylation sites (N-methyl/N-ethyl adjacent to an activating group) is 1. The highest BCUT2D eigenvalue weighted by Crippen LogP contribution is 2.30. The fraction of sp³-hybridized carbons (Fsp3) is 0.448. The summed E-state index contributed by atoms with van der Waals surface area (Å²) in [5.41, 5.74) is 2.61. The van der Waals surface area contributed by atoms with Crippen LogP contribution in [0.4, 0.5) is 10.2 Å². The standard InChI is InChI=1S/C29H38FN5OS/c1-22(2)13-14-34(28(36)21-37-26-11-6-5-7-12-26)20-27-23(3)31-35(25-10-8-9-24(30)19-25)29(27)33-17-15-32(4)16-18-33/h5-12,19,22H,13-18,20-21H2,1-4H3. The van der Waals surface area contributed by atoms with Gasteiger partial charge in [-0.1, -0.05) is 38.1 Å². The van der Waals surface area contributed by atoms with E-state index in [0.717, 1.165) is 54.6 Å². The zero-order valence-electron chi connectivity index (χ0n) is 22.4. The Morgan fingerprint density at radius 2 is 1.81 bits per heavy atom. The summed E-state index contributed by atoms with van der Waals surface area (Å²) in [6.07, 6.45) is 0.933. The van der Waals surface area contributed by atoms with E-state index in [1.807, 2.05) is 52.9 Å². The molecule has 0 aliphatic carbocycles. The number of carbonyl (C=O) groups excluding carboxylic acids is 1. The van der Waals surface area contributed by atoms with Gasteiger partial charge in [0.1, 0.15) is 11.6 Å². The van der Waals surface area contributed by atoms with Crippen molar-refractivity contribution in [3.8, 4) is 5.69 Å². The number of halogens is 1. The van der Waals surface area contributed by atoms with E-state index in [0.29, 0.717) is 30.4 Å². The second kappa shape index (κ2) is 12.6. The predicted octanol–water partition coefficient (Wildman–Crippen LogP) is 5.24. The smallest absolute Gasteiger partial charge is 0.233 e. The summed E-state index contributed by atoms with van der Waals surface area (Å²) in [6.45, 7) is 11.1. The van der Waals surface area contributed by atoms with Gasteiger partial charge in [0, 0.05) is 43.2 Å². The molecule has 6 nitrogen and oxygen atoms in total. The number of carbonyl (C=O) groups is 1. The first-order valence-electron chi connectivity index (χ1n) is 13.1. The van der Waals surface area contributed by atoms with Gasteiger partial charge in [0.15, 0.2) is 0 Å². The van der Waals surface area contributed by atoms with Gasteiger partial charge in [0.2, 0.25) is 5.91 Å². The molecular weight excluding hydrogens is 485 g/mol. The van der Waals surface area contributed by atoms with Crippen LogP contribution in [-0.4, -0.2) is 71.0 Å². The number of hydrogen-bond donors (Lipinski definition) is 0. The van der Waals surface area contributed by atoms with Gasteiger partial charge >= 0.3 is 0 Å². The number of amides is 1. The molecule has 4 rings (SSSR count). The lowest BCUT2D eigenvalue weighted by Gasteiger charge is -2.35. The van der Waals surface area contributed by atoms with Crippen molar-refractivity contribution in [2.24, 2.45) is 5.92 Å². The molecular formula is C29H38FN5OS. The highest BCUT2D eigenvalue weighted by molar-refractivity contribution is 8.00. The van der Waals surface area contributed by atoms with Crippen LogP contribution in [0.25, 0.3) is 5.69 Å². The Balaban J connectivity index is 1.65. The van der Waals surface area contributed by atoms with Crippen molar-refractivity contribution in [3.05, 3.63) is 71.7 Å². The molecule has 0 N–H and O–H groups in total. The minimum atomic E-state index is -0.289. The zero-order chi connectivity index (χ0) is 26.4. The molecule has 1 fully saturated rings. The summed E-state index contributed by atoms with van der Waals surface area (Å²) in [5.74, 6) is 1.68. The number of thioether (sulfide) groups is 1. The Morgan fingerprint density at radius 1 is 1.08 bits per heavy atom. The van der Waals surface area contributed by atoms with Gasteiger partial charge in [-0.2, -0.15) is 5.10 Å². The fourth-order valence-electron chi connectivity index (χ4n) is 4.51. The third kappa shape index (κ3) is 7.14. The third-order valence-corrected chi connectivity index (χ3v) is 7.79. The minimum Gasteiger partial charge on any atom is -0.354 e.